The quantitative estimate of drug-likeness (QED) is 0.650. The van der Waals surface area contributed by atoms with Crippen LogP contribution in [0.3, 0.4) is 0 Å². The molecular weight excluding hydrogens is 352 g/mol. The molecule has 1 heterocycles. The minimum Gasteiger partial charge on any atom is -0.350 e. The maximum absolute atomic E-state index is 12.0. The molecule has 0 spiro atoms. The summed E-state index contributed by atoms with van der Waals surface area (Å²) in [6.45, 7) is 3.96. The van der Waals surface area contributed by atoms with Crippen molar-refractivity contribution in [3.05, 3.63) is 55.8 Å². The Morgan fingerprint density at radius 1 is 1.45 bits per heavy atom. The van der Waals surface area contributed by atoms with Crippen molar-refractivity contribution in [1.29, 1.82) is 0 Å². The molecule has 116 valence electrons. The third-order valence-corrected chi connectivity index (χ3v) is 3.72. The molecular formula is C14H15BrN4O3. The molecule has 0 saturated carbocycles. The van der Waals surface area contributed by atoms with E-state index >= 15 is 0 Å². The van der Waals surface area contributed by atoms with Crippen molar-refractivity contribution in [1.82, 2.24) is 15.1 Å². The Bertz CT molecular complexity index is 727. The number of aromatic nitrogens is 2. The number of nitrogens with one attached hydrogen (secondary N) is 1. The van der Waals surface area contributed by atoms with Gasteiger partial charge in [-0.05, 0) is 32.0 Å². The van der Waals surface area contributed by atoms with Gasteiger partial charge in [-0.25, -0.2) is 0 Å². The normalized spacial score (nSPS) is 10.5. The van der Waals surface area contributed by atoms with Crippen molar-refractivity contribution in [2.24, 2.45) is 0 Å². The first-order chi connectivity index (χ1) is 10.4. The summed E-state index contributed by atoms with van der Waals surface area (Å²) >= 11 is 3.31. The van der Waals surface area contributed by atoms with E-state index in [1.165, 1.54) is 4.68 Å². The molecule has 0 saturated heterocycles. The van der Waals surface area contributed by atoms with Crippen LogP contribution in [-0.4, -0.2) is 27.2 Å². The van der Waals surface area contributed by atoms with Crippen molar-refractivity contribution in [2.75, 3.05) is 6.54 Å². The summed E-state index contributed by atoms with van der Waals surface area (Å²) in [5.74, 6) is -0.197. The molecule has 1 aromatic heterocycles. The summed E-state index contributed by atoms with van der Waals surface area (Å²) in [6, 6.07) is 7.06. The van der Waals surface area contributed by atoms with E-state index < -0.39 is 4.92 Å². The number of carbonyl (C=O) groups excluding carboxylic acids is 1. The predicted molar refractivity (Wildman–Crippen MR) is 84.8 cm³/mol. The second-order valence-electron chi connectivity index (χ2n) is 4.77. The lowest BCUT2D eigenvalue weighted by Crippen LogP contribution is -2.27. The van der Waals surface area contributed by atoms with Gasteiger partial charge in [-0.1, -0.05) is 22.0 Å². The third kappa shape index (κ3) is 3.51. The van der Waals surface area contributed by atoms with E-state index in [2.05, 4.69) is 26.3 Å². The topological polar surface area (TPSA) is 90.1 Å². The number of rotatable bonds is 5. The fraction of sp³-hybridized carbons (Fsp3) is 0.286. The van der Waals surface area contributed by atoms with Gasteiger partial charge in [0.25, 0.3) is 5.91 Å². The highest BCUT2D eigenvalue weighted by Gasteiger charge is 2.21. The molecule has 2 rings (SSSR count). The Morgan fingerprint density at radius 2 is 2.18 bits per heavy atom. The monoisotopic (exact) mass is 366 g/mol. The highest BCUT2D eigenvalue weighted by Crippen LogP contribution is 2.21. The van der Waals surface area contributed by atoms with Crippen LogP contribution in [0.4, 0.5) is 5.69 Å². The van der Waals surface area contributed by atoms with Gasteiger partial charge in [0, 0.05) is 16.6 Å². The smallest absolute Gasteiger partial charge is 0.312 e. The van der Waals surface area contributed by atoms with Crippen molar-refractivity contribution in [3.63, 3.8) is 0 Å². The number of hydrogen-bond acceptors (Lipinski definition) is 4. The number of halogens is 1. The van der Waals surface area contributed by atoms with Crippen LogP contribution in [0.1, 0.15) is 21.7 Å². The summed E-state index contributed by atoms with van der Waals surface area (Å²) in [5, 5.41) is 17.8. The molecule has 0 unspecified atom stereocenters. The van der Waals surface area contributed by atoms with Crippen LogP contribution in [0.2, 0.25) is 0 Å². The number of amides is 1. The summed E-state index contributed by atoms with van der Waals surface area (Å²) in [7, 11) is 0. The van der Waals surface area contributed by atoms with Crippen molar-refractivity contribution >= 4 is 27.5 Å². The zero-order chi connectivity index (χ0) is 16.3. The third-order valence-electron chi connectivity index (χ3n) is 3.22. The van der Waals surface area contributed by atoms with Crippen LogP contribution in [0.25, 0.3) is 0 Å². The molecule has 0 fully saturated rings. The van der Waals surface area contributed by atoms with Crippen LogP contribution in [0, 0.1) is 24.0 Å². The lowest BCUT2D eigenvalue weighted by atomic mass is 10.2. The summed E-state index contributed by atoms with van der Waals surface area (Å²) in [4.78, 5) is 22.5. The molecule has 22 heavy (non-hydrogen) atoms. The average molecular weight is 367 g/mol. The predicted octanol–water partition coefficient (Wildman–Crippen LogP) is 2.60. The molecule has 0 aliphatic rings. The van der Waals surface area contributed by atoms with Gasteiger partial charge in [-0.15, -0.1) is 0 Å². The number of aryl methyl sites for hydroxylation is 1. The molecule has 1 amide bonds. The van der Waals surface area contributed by atoms with Crippen molar-refractivity contribution in [2.45, 2.75) is 20.4 Å². The molecule has 1 aromatic carbocycles. The second-order valence-corrected chi connectivity index (χ2v) is 5.68. The standard InChI is InChI=1S/C14H15BrN4O3/c1-9-13(19(21)22)10(2)18(17-9)7-6-16-14(20)11-4-3-5-12(15)8-11/h3-5,8H,6-7H2,1-2H3,(H,16,20). The van der Waals surface area contributed by atoms with Gasteiger partial charge < -0.3 is 5.32 Å². The molecule has 0 bridgehead atoms. The minimum absolute atomic E-state index is 0.0262. The fourth-order valence-electron chi connectivity index (χ4n) is 2.18. The van der Waals surface area contributed by atoms with Gasteiger partial charge in [0.05, 0.1) is 11.5 Å². The fourth-order valence-corrected chi connectivity index (χ4v) is 2.58. The van der Waals surface area contributed by atoms with Crippen LogP contribution >= 0.6 is 15.9 Å². The number of nitro groups is 1. The average Bonchev–Trinajstić information content (AvgIpc) is 2.73. The molecule has 7 nitrogen and oxygen atoms in total. The SMILES string of the molecule is Cc1nn(CCNC(=O)c2cccc(Br)c2)c(C)c1[N+](=O)[O-]. The highest BCUT2D eigenvalue weighted by molar-refractivity contribution is 9.10. The van der Waals surface area contributed by atoms with E-state index in [-0.39, 0.29) is 11.6 Å². The van der Waals surface area contributed by atoms with Crippen LogP contribution in [-0.2, 0) is 6.54 Å². The van der Waals surface area contributed by atoms with E-state index in [0.29, 0.717) is 30.0 Å². The van der Waals surface area contributed by atoms with E-state index in [4.69, 9.17) is 0 Å². The first-order valence-corrected chi connectivity index (χ1v) is 7.41. The second kappa shape index (κ2) is 6.69. The van der Waals surface area contributed by atoms with Gasteiger partial charge in [0.1, 0.15) is 11.4 Å². The highest BCUT2D eigenvalue weighted by atomic mass is 79.9. The number of carbonyl (C=O) groups is 1. The van der Waals surface area contributed by atoms with Crippen molar-refractivity contribution < 1.29 is 9.72 Å². The molecule has 0 atom stereocenters. The minimum atomic E-state index is -0.436. The van der Waals surface area contributed by atoms with E-state index in [1.807, 2.05) is 6.07 Å². The zero-order valence-electron chi connectivity index (χ0n) is 12.2. The first-order valence-electron chi connectivity index (χ1n) is 6.62. The van der Waals surface area contributed by atoms with E-state index in [9.17, 15) is 14.9 Å². The van der Waals surface area contributed by atoms with Gasteiger partial charge in [0.2, 0.25) is 0 Å². The maximum Gasteiger partial charge on any atom is 0.312 e. The molecule has 2 aromatic rings. The van der Waals surface area contributed by atoms with E-state index in [1.54, 1.807) is 32.0 Å². The number of benzene rings is 1. The Labute approximate surface area is 135 Å². The van der Waals surface area contributed by atoms with Gasteiger partial charge in [0.15, 0.2) is 0 Å². The van der Waals surface area contributed by atoms with Gasteiger partial charge >= 0.3 is 5.69 Å². The lowest BCUT2D eigenvalue weighted by Gasteiger charge is -2.07. The van der Waals surface area contributed by atoms with Crippen molar-refractivity contribution in [3.8, 4) is 0 Å². The Hall–Kier alpha value is -2.22. The van der Waals surface area contributed by atoms with E-state index in [0.717, 1.165) is 4.47 Å². The largest absolute Gasteiger partial charge is 0.350 e. The lowest BCUT2D eigenvalue weighted by molar-refractivity contribution is -0.386. The summed E-state index contributed by atoms with van der Waals surface area (Å²) in [6.07, 6.45) is 0. The zero-order valence-corrected chi connectivity index (χ0v) is 13.8. The van der Waals surface area contributed by atoms with Crippen LogP contribution < -0.4 is 5.32 Å². The molecule has 0 radical (unpaired) electrons. The molecule has 8 heteroatoms. The Balaban J connectivity index is 1.98. The first kappa shape index (κ1) is 16.2. The van der Waals surface area contributed by atoms with Gasteiger partial charge in [-0.2, -0.15) is 5.10 Å². The van der Waals surface area contributed by atoms with Gasteiger partial charge in [-0.3, -0.25) is 19.6 Å². The Kier molecular flexibility index (Phi) is 4.92. The number of nitrogens with zero attached hydrogens (tertiary/aromatic N) is 3. The van der Waals surface area contributed by atoms with Crippen LogP contribution in [0.5, 0.6) is 0 Å². The molecule has 1 N–H and O–H groups in total. The Morgan fingerprint density at radius 3 is 2.77 bits per heavy atom. The molecule has 0 aliphatic heterocycles. The maximum atomic E-state index is 12.0. The number of hydrogen-bond donors (Lipinski definition) is 1. The summed E-state index contributed by atoms with van der Waals surface area (Å²) in [5.41, 5.74) is 1.44. The van der Waals surface area contributed by atoms with Crippen LogP contribution in [0.15, 0.2) is 28.7 Å². The molecule has 0 aliphatic carbocycles. The summed E-state index contributed by atoms with van der Waals surface area (Å²) < 4.78 is 2.36.